The number of H-pyrrole nitrogens is 1. The summed E-state index contributed by atoms with van der Waals surface area (Å²) in [5.74, 6) is -0.471. The fourth-order valence-electron chi connectivity index (χ4n) is 1.68. The Kier molecular flexibility index (Phi) is 3.87. The topological polar surface area (TPSA) is 66.5 Å². The van der Waals surface area contributed by atoms with Crippen molar-refractivity contribution in [3.8, 4) is 0 Å². The predicted molar refractivity (Wildman–Crippen MR) is 76.6 cm³/mol. The molecule has 19 heavy (non-hydrogen) atoms. The normalized spacial score (nSPS) is 11.4. The molecule has 2 N–H and O–H groups in total. The minimum atomic E-state index is -0.539. The van der Waals surface area contributed by atoms with Crippen molar-refractivity contribution >= 4 is 40.8 Å². The third kappa shape index (κ3) is 2.77. The molecule has 0 unspecified atom stereocenters. The summed E-state index contributed by atoms with van der Waals surface area (Å²) >= 11 is 6.01. The summed E-state index contributed by atoms with van der Waals surface area (Å²) in [7, 11) is 1.39. The van der Waals surface area contributed by atoms with E-state index in [0.717, 1.165) is 16.6 Å². The Morgan fingerprint density at radius 3 is 3.05 bits per heavy atom. The van der Waals surface area contributed by atoms with Crippen LogP contribution in [0, 0.1) is 0 Å². The van der Waals surface area contributed by atoms with Crippen molar-refractivity contribution in [2.24, 2.45) is 4.99 Å². The number of amides is 1. The zero-order chi connectivity index (χ0) is 13.8. The number of ether oxygens (including phenoxy) is 1. The highest BCUT2D eigenvalue weighted by Crippen LogP contribution is 2.27. The monoisotopic (exact) mass is 277 g/mol. The maximum Gasteiger partial charge on any atom is 0.312 e. The van der Waals surface area contributed by atoms with Gasteiger partial charge in [0.15, 0.2) is 0 Å². The van der Waals surface area contributed by atoms with Gasteiger partial charge in [0.2, 0.25) is 5.76 Å². The number of carbonyl (C=O) groups excluding carboxylic acids is 1. The maximum absolute atomic E-state index is 11.4. The van der Waals surface area contributed by atoms with Crippen LogP contribution in [0.5, 0.6) is 0 Å². The molecule has 1 amide bonds. The lowest BCUT2D eigenvalue weighted by Crippen LogP contribution is -2.03. The van der Waals surface area contributed by atoms with E-state index < -0.39 is 5.91 Å². The second-order valence-corrected chi connectivity index (χ2v) is 4.15. The van der Waals surface area contributed by atoms with Gasteiger partial charge in [-0.2, -0.15) is 0 Å². The first-order valence-electron chi connectivity index (χ1n) is 5.44. The molecule has 0 bridgehead atoms. The summed E-state index contributed by atoms with van der Waals surface area (Å²) in [4.78, 5) is 17.7. The first kappa shape index (κ1) is 13.2. The summed E-state index contributed by atoms with van der Waals surface area (Å²) in [6.45, 7) is 3.17. The summed E-state index contributed by atoms with van der Waals surface area (Å²) in [6, 6.07) is 5.48. The van der Waals surface area contributed by atoms with Gasteiger partial charge in [0.25, 0.3) is 0 Å². The van der Waals surface area contributed by atoms with Gasteiger partial charge < -0.3 is 15.0 Å². The molecule has 0 atom stereocenters. The number of aliphatic imine (C=N–C) groups is 1. The van der Waals surface area contributed by atoms with Crippen LogP contribution in [0.25, 0.3) is 10.9 Å². The van der Waals surface area contributed by atoms with E-state index in [1.54, 1.807) is 6.07 Å². The molecule has 98 valence electrons. The van der Waals surface area contributed by atoms with Crippen LogP contribution >= 0.6 is 11.6 Å². The van der Waals surface area contributed by atoms with Crippen molar-refractivity contribution in [2.45, 2.75) is 0 Å². The molecule has 1 aromatic carbocycles. The van der Waals surface area contributed by atoms with Crippen molar-refractivity contribution in [1.82, 2.24) is 4.98 Å². The van der Waals surface area contributed by atoms with Gasteiger partial charge in [0, 0.05) is 34.0 Å². The summed E-state index contributed by atoms with van der Waals surface area (Å²) in [5.41, 5.74) is 1.66. The molecule has 1 heterocycles. The number of nitrogens with one attached hydrogen (secondary N) is 2. The van der Waals surface area contributed by atoms with Crippen LogP contribution in [-0.4, -0.2) is 24.7 Å². The maximum atomic E-state index is 11.4. The summed E-state index contributed by atoms with van der Waals surface area (Å²) in [6.07, 6.45) is 3.23. The lowest BCUT2D eigenvalue weighted by atomic mass is 10.2. The number of fused-ring (bicyclic) bond motifs is 1. The van der Waals surface area contributed by atoms with Crippen LogP contribution in [0.15, 0.2) is 41.3 Å². The predicted octanol–water partition coefficient (Wildman–Crippen LogP) is 2.95. The number of halogens is 1. The minimum Gasteiger partial charge on any atom is -0.490 e. The fourth-order valence-corrected chi connectivity index (χ4v) is 1.90. The standard InChI is InChI=1S/C13H12ClN3O2/c1-15-13(18)12(19-2)7-17-11-6-8(14)5-10-9(11)3-4-16-10/h3-7,16-17H,1H2,2H3/b12-7+. The molecule has 0 radical (unpaired) electrons. The van der Waals surface area contributed by atoms with Crippen molar-refractivity contribution in [3.63, 3.8) is 0 Å². The Hall–Kier alpha value is -2.27. The van der Waals surface area contributed by atoms with E-state index in [1.807, 2.05) is 18.3 Å². The molecule has 0 aliphatic heterocycles. The Bertz CT molecular complexity index is 661. The van der Waals surface area contributed by atoms with E-state index in [0.29, 0.717) is 5.02 Å². The Morgan fingerprint density at radius 1 is 1.58 bits per heavy atom. The van der Waals surface area contributed by atoms with E-state index >= 15 is 0 Å². The highest BCUT2D eigenvalue weighted by Gasteiger charge is 2.08. The Morgan fingerprint density at radius 2 is 2.37 bits per heavy atom. The molecule has 5 nitrogen and oxygen atoms in total. The molecule has 6 heteroatoms. The number of benzene rings is 1. The summed E-state index contributed by atoms with van der Waals surface area (Å²) < 4.78 is 4.92. The molecule has 2 aromatic rings. The molecule has 0 saturated carbocycles. The number of aromatic amines is 1. The average Bonchev–Trinajstić information content (AvgIpc) is 2.86. The molecule has 0 aliphatic carbocycles. The van der Waals surface area contributed by atoms with E-state index in [4.69, 9.17) is 16.3 Å². The molecule has 0 fully saturated rings. The quantitative estimate of drug-likeness (QED) is 0.513. The number of aromatic nitrogens is 1. The van der Waals surface area contributed by atoms with E-state index in [9.17, 15) is 4.79 Å². The number of hydrogen-bond donors (Lipinski definition) is 2. The van der Waals surface area contributed by atoms with E-state index in [1.165, 1.54) is 13.3 Å². The highest BCUT2D eigenvalue weighted by atomic mass is 35.5. The SMILES string of the molecule is C=NC(=O)/C(=C\Nc1cc(Cl)cc2[nH]ccc12)OC. The number of carbonyl (C=O) groups is 1. The van der Waals surface area contributed by atoms with Crippen LogP contribution in [0.2, 0.25) is 5.02 Å². The van der Waals surface area contributed by atoms with Crippen LogP contribution in [-0.2, 0) is 9.53 Å². The van der Waals surface area contributed by atoms with Crippen LogP contribution in [0.1, 0.15) is 0 Å². The highest BCUT2D eigenvalue weighted by molar-refractivity contribution is 6.31. The number of rotatable bonds is 4. The van der Waals surface area contributed by atoms with Crippen LogP contribution < -0.4 is 5.32 Å². The van der Waals surface area contributed by atoms with Crippen molar-refractivity contribution in [2.75, 3.05) is 12.4 Å². The van der Waals surface area contributed by atoms with Crippen molar-refractivity contribution in [3.05, 3.63) is 41.4 Å². The van der Waals surface area contributed by atoms with Gasteiger partial charge in [-0.3, -0.25) is 4.79 Å². The zero-order valence-corrected chi connectivity index (χ0v) is 11.0. The molecular formula is C13H12ClN3O2. The Balaban J connectivity index is 2.35. The molecule has 0 spiro atoms. The smallest absolute Gasteiger partial charge is 0.312 e. The fraction of sp³-hybridized carbons (Fsp3) is 0.0769. The van der Waals surface area contributed by atoms with Gasteiger partial charge in [-0.05, 0) is 24.9 Å². The first-order valence-corrected chi connectivity index (χ1v) is 5.82. The van der Waals surface area contributed by atoms with Crippen molar-refractivity contribution in [1.29, 1.82) is 0 Å². The number of nitrogens with zero attached hydrogens (tertiary/aromatic N) is 1. The molecule has 0 saturated heterocycles. The zero-order valence-electron chi connectivity index (χ0n) is 10.2. The number of anilines is 1. The number of hydrogen-bond acceptors (Lipinski definition) is 3. The lowest BCUT2D eigenvalue weighted by molar-refractivity contribution is -0.117. The summed E-state index contributed by atoms with van der Waals surface area (Å²) in [5, 5.41) is 4.52. The van der Waals surface area contributed by atoms with Gasteiger partial charge in [-0.25, -0.2) is 4.99 Å². The molecule has 1 aromatic heterocycles. The lowest BCUT2D eigenvalue weighted by Gasteiger charge is -2.06. The number of methoxy groups -OCH3 is 1. The molecule has 2 rings (SSSR count). The van der Waals surface area contributed by atoms with Gasteiger partial charge in [-0.15, -0.1) is 0 Å². The van der Waals surface area contributed by atoms with Gasteiger partial charge >= 0.3 is 5.91 Å². The van der Waals surface area contributed by atoms with Gasteiger partial charge in [0.05, 0.1) is 7.11 Å². The second kappa shape index (κ2) is 5.58. The minimum absolute atomic E-state index is 0.0682. The Labute approximate surface area is 114 Å². The molecular weight excluding hydrogens is 266 g/mol. The third-order valence-electron chi connectivity index (χ3n) is 2.57. The second-order valence-electron chi connectivity index (χ2n) is 3.71. The first-order chi connectivity index (χ1) is 9.15. The third-order valence-corrected chi connectivity index (χ3v) is 2.78. The van der Waals surface area contributed by atoms with E-state index in [2.05, 4.69) is 22.0 Å². The largest absolute Gasteiger partial charge is 0.490 e. The average molecular weight is 278 g/mol. The van der Waals surface area contributed by atoms with Crippen LogP contribution in [0.4, 0.5) is 5.69 Å². The van der Waals surface area contributed by atoms with E-state index in [-0.39, 0.29) is 5.76 Å². The van der Waals surface area contributed by atoms with Gasteiger partial charge in [-0.1, -0.05) is 11.6 Å². The van der Waals surface area contributed by atoms with Crippen LogP contribution in [0.3, 0.4) is 0 Å². The van der Waals surface area contributed by atoms with Gasteiger partial charge in [0.1, 0.15) is 0 Å². The van der Waals surface area contributed by atoms with Crippen molar-refractivity contribution < 1.29 is 9.53 Å². The molecule has 0 aliphatic rings.